The van der Waals surface area contributed by atoms with E-state index in [4.69, 9.17) is 4.42 Å². The van der Waals surface area contributed by atoms with Crippen LogP contribution in [0, 0.1) is 0 Å². The molecule has 0 saturated carbocycles. The normalized spacial score (nSPS) is 12.5. The second-order valence-corrected chi connectivity index (χ2v) is 5.00. The molecule has 0 fully saturated rings. The van der Waals surface area contributed by atoms with Gasteiger partial charge in [0.15, 0.2) is 11.5 Å². The molecule has 0 bridgehead atoms. The highest BCUT2D eigenvalue weighted by molar-refractivity contribution is 5.73. The molecule has 1 aromatic carbocycles. The van der Waals surface area contributed by atoms with Crippen LogP contribution in [0.5, 0.6) is 0 Å². The van der Waals surface area contributed by atoms with Gasteiger partial charge in [-0.2, -0.15) is 13.2 Å². The minimum absolute atomic E-state index is 0.256. The summed E-state index contributed by atoms with van der Waals surface area (Å²) < 4.78 is 43.2. The molecule has 0 radical (unpaired) electrons. The highest BCUT2D eigenvalue weighted by atomic mass is 19.4. The van der Waals surface area contributed by atoms with Gasteiger partial charge in [-0.3, -0.25) is 0 Å². The minimum Gasteiger partial charge on any atom is -0.441 e. The van der Waals surface area contributed by atoms with Crippen LogP contribution >= 0.6 is 0 Å². The Kier molecular flexibility index (Phi) is 4.32. The quantitative estimate of drug-likeness (QED) is 0.850. The standard InChI is InChI=1S/C14H17F3N2O/c1-9(2)18-7-3-4-13-19-11-8-10(14(15,16)17)5-6-12(11)20-13/h5-6,8-9,18H,3-4,7H2,1-2H3. The summed E-state index contributed by atoms with van der Waals surface area (Å²) in [6.07, 6.45) is -2.92. The summed E-state index contributed by atoms with van der Waals surface area (Å²) in [6.45, 7) is 4.93. The fraction of sp³-hybridized carbons (Fsp3) is 0.500. The molecular weight excluding hydrogens is 269 g/mol. The molecule has 0 aliphatic carbocycles. The average Bonchev–Trinajstić information content (AvgIpc) is 2.74. The Morgan fingerprint density at radius 3 is 2.70 bits per heavy atom. The van der Waals surface area contributed by atoms with E-state index in [1.54, 1.807) is 0 Å². The van der Waals surface area contributed by atoms with Crippen LogP contribution in [0.25, 0.3) is 11.1 Å². The number of alkyl halides is 3. The summed E-state index contributed by atoms with van der Waals surface area (Å²) in [4.78, 5) is 4.11. The summed E-state index contributed by atoms with van der Waals surface area (Å²) in [5, 5.41) is 3.26. The molecule has 0 unspecified atom stereocenters. The molecule has 0 aliphatic heterocycles. The van der Waals surface area contributed by atoms with Gasteiger partial charge in [0.05, 0.1) is 5.56 Å². The lowest BCUT2D eigenvalue weighted by atomic mass is 10.2. The van der Waals surface area contributed by atoms with E-state index in [9.17, 15) is 13.2 Å². The number of hydrogen-bond acceptors (Lipinski definition) is 3. The number of halogens is 3. The predicted molar refractivity (Wildman–Crippen MR) is 70.5 cm³/mol. The van der Waals surface area contributed by atoms with Gasteiger partial charge in [0, 0.05) is 12.5 Å². The summed E-state index contributed by atoms with van der Waals surface area (Å²) >= 11 is 0. The van der Waals surface area contributed by atoms with E-state index < -0.39 is 11.7 Å². The maximum Gasteiger partial charge on any atom is 0.416 e. The van der Waals surface area contributed by atoms with Crippen LogP contribution in [-0.4, -0.2) is 17.6 Å². The number of rotatable bonds is 5. The number of aromatic nitrogens is 1. The lowest BCUT2D eigenvalue weighted by molar-refractivity contribution is -0.137. The van der Waals surface area contributed by atoms with Crippen LogP contribution in [-0.2, 0) is 12.6 Å². The van der Waals surface area contributed by atoms with Gasteiger partial charge in [-0.25, -0.2) is 4.98 Å². The zero-order valence-corrected chi connectivity index (χ0v) is 11.4. The van der Waals surface area contributed by atoms with Crippen molar-refractivity contribution in [1.29, 1.82) is 0 Å². The molecule has 0 spiro atoms. The lowest BCUT2D eigenvalue weighted by Gasteiger charge is -2.05. The fourth-order valence-electron chi connectivity index (χ4n) is 1.89. The van der Waals surface area contributed by atoms with Gasteiger partial charge in [-0.15, -0.1) is 0 Å². The Morgan fingerprint density at radius 1 is 1.30 bits per heavy atom. The zero-order valence-electron chi connectivity index (χ0n) is 11.4. The number of benzene rings is 1. The zero-order chi connectivity index (χ0) is 14.8. The highest BCUT2D eigenvalue weighted by Gasteiger charge is 2.30. The minimum atomic E-state index is -4.35. The largest absolute Gasteiger partial charge is 0.441 e. The lowest BCUT2D eigenvalue weighted by Crippen LogP contribution is -2.23. The molecule has 1 heterocycles. The van der Waals surface area contributed by atoms with E-state index in [1.807, 2.05) is 0 Å². The first kappa shape index (κ1) is 14.8. The Balaban J connectivity index is 2.06. The number of hydrogen-bond donors (Lipinski definition) is 1. The number of fused-ring (bicyclic) bond motifs is 1. The molecule has 0 amide bonds. The van der Waals surface area contributed by atoms with Crippen molar-refractivity contribution in [3.8, 4) is 0 Å². The molecule has 0 aliphatic rings. The molecular formula is C14H17F3N2O. The van der Waals surface area contributed by atoms with E-state index in [0.717, 1.165) is 25.1 Å². The molecule has 1 aromatic heterocycles. The van der Waals surface area contributed by atoms with Gasteiger partial charge in [-0.05, 0) is 31.2 Å². The van der Waals surface area contributed by atoms with Crippen LogP contribution in [0.4, 0.5) is 13.2 Å². The van der Waals surface area contributed by atoms with Gasteiger partial charge in [0.2, 0.25) is 0 Å². The molecule has 1 N–H and O–H groups in total. The maximum absolute atomic E-state index is 12.6. The van der Waals surface area contributed by atoms with Crippen molar-refractivity contribution in [3.63, 3.8) is 0 Å². The molecule has 3 nitrogen and oxygen atoms in total. The third-order valence-electron chi connectivity index (χ3n) is 2.88. The van der Waals surface area contributed by atoms with Crippen molar-refractivity contribution in [1.82, 2.24) is 10.3 Å². The fourth-order valence-corrected chi connectivity index (χ4v) is 1.89. The van der Waals surface area contributed by atoms with E-state index in [1.165, 1.54) is 6.07 Å². The third kappa shape index (κ3) is 3.72. The molecule has 110 valence electrons. The van der Waals surface area contributed by atoms with Crippen LogP contribution in [0.15, 0.2) is 22.6 Å². The van der Waals surface area contributed by atoms with Crippen molar-refractivity contribution in [2.75, 3.05) is 6.54 Å². The van der Waals surface area contributed by atoms with Gasteiger partial charge in [0.1, 0.15) is 5.52 Å². The number of nitrogens with one attached hydrogen (secondary N) is 1. The van der Waals surface area contributed by atoms with Crippen molar-refractivity contribution < 1.29 is 17.6 Å². The molecule has 20 heavy (non-hydrogen) atoms. The number of nitrogens with zero attached hydrogens (tertiary/aromatic N) is 1. The molecule has 2 aromatic rings. The monoisotopic (exact) mass is 286 g/mol. The number of aryl methyl sites for hydroxylation is 1. The summed E-state index contributed by atoms with van der Waals surface area (Å²) in [5.41, 5.74) is -0.0530. The Morgan fingerprint density at radius 2 is 2.05 bits per heavy atom. The van der Waals surface area contributed by atoms with Crippen LogP contribution in [0.1, 0.15) is 31.7 Å². The summed E-state index contributed by atoms with van der Waals surface area (Å²) in [7, 11) is 0. The topological polar surface area (TPSA) is 38.1 Å². The smallest absolute Gasteiger partial charge is 0.416 e. The third-order valence-corrected chi connectivity index (χ3v) is 2.88. The van der Waals surface area contributed by atoms with Crippen LogP contribution in [0.3, 0.4) is 0 Å². The average molecular weight is 286 g/mol. The van der Waals surface area contributed by atoms with Gasteiger partial charge < -0.3 is 9.73 Å². The van der Waals surface area contributed by atoms with E-state index in [2.05, 4.69) is 24.1 Å². The summed E-state index contributed by atoms with van der Waals surface area (Å²) in [6, 6.07) is 3.76. The van der Waals surface area contributed by atoms with Crippen molar-refractivity contribution in [3.05, 3.63) is 29.7 Å². The summed E-state index contributed by atoms with van der Waals surface area (Å²) in [5.74, 6) is 0.477. The van der Waals surface area contributed by atoms with Gasteiger partial charge >= 0.3 is 6.18 Å². The van der Waals surface area contributed by atoms with E-state index in [0.29, 0.717) is 23.9 Å². The van der Waals surface area contributed by atoms with Crippen LogP contribution < -0.4 is 5.32 Å². The Hall–Kier alpha value is -1.56. The molecule has 6 heteroatoms. The van der Waals surface area contributed by atoms with E-state index >= 15 is 0 Å². The first-order chi connectivity index (χ1) is 9.36. The van der Waals surface area contributed by atoms with Crippen molar-refractivity contribution >= 4 is 11.1 Å². The second-order valence-electron chi connectivity index (χ2n) is 5.00. The molecule has 0 saturated heterocycles. The second kappa shape index (κ2) is 5.83. The Labute approximate surface area is 115 Å². The van der Waals surface area contributed by atoms with E-state index in [-0.39, 0.29) is 5.52 Å². The Bertz CT molecular complexity index is 575. The first-order valence-electron chi connectivity index (χ1n) is 6.56. The van der Waals surface area contributed by atoms with Gasteiger partial charge in [-0.1, -0.05) is 13.8 Å². The van der Waals surface area contributed by atoms with Crippen molar-refractivity contribution in [2.45, 2.75) is 38.9 Å². The molecule has 0 atom stereocenters. The first-order valence-corrected chi connectivity index (χ1v) is 6.56. The van der Waals surface area contributed by atoms with Crippen LogP contribution in [0.2, 0.25) is 0 Å². The van der Waals surface area contributed by atoms with Gasteiger partial charge in [0.25, 0.3) is 0 Å². The highest BCUT2D eigenvalue weighted by Crippen LogP contribution is 2.31. The predicted octanol–water partition coefficient (Wildman–Crippen LogP) is 3.78. The maximum atomic E-state index is 12.6. The SMILES string of the molecule is CC(C)NCCCc1nc2cc(C(F)(F)F)ccc2o1. The van der Waals surface area contributed by atoms with Crippen molar-refractivity contribution in [2.24, 2.45) is 0 Å². The number of oxazole rings is 1. The molecule has 2 rings (SSSR count).